The standard InChI is InChI=1S/C17H27N3O/c1-20(15-8-4-2-5-9-15)13-12-19-16(21)14-17(18)10-6-3-7-11-17/h2,4-5,8-9H,3,6-7,10-14,18H2,1H3,(H,19,21). The molecule has 1 aromatic rings. The molecule has 1 fully saturated rings. The molecule has 3 N–H and O–H groups in total. The number of anilines is 1. The summed E-state index contributed by atoms with van der Waals surface area (Å²) in [5, 5.41) is 3.00. The van der Waals surface area contributed by atoms with Gasteiger partial charge in [0.15, 0.2) is 0 Å². The molecule has 0 saturated heterocycles. The smallest absolute Gasteiger partial charge is 0.221 e. The second kappa shape index (κ2) is 7.46. The summed E-state index contributed by atoms with van der Waals surface area (Å²) in [5.74, 6) is 0.0841. The van der Waals surface area contributed by atoms with Crippen LogP contribution in [0, 0.1) is 0 Å². The van der Waals surface area contributed by atoms with Gasteiger partial charge >= 0.3 is 0 Å². The van der Waals surface area contributed by atoms with E-state index in [0.717, 1.165) is 37.9 Å². The van der Waals surface area contributed by atoms with E-state index in [1.807, 2.05) is 25.2 Å². The number of nitrogens with one attached hydrogen (secondary N) is 1. The van der Waals surface area contributed by atoms with Gasteiger partial charge in [0.2, 0.25) is 5.91 Å². The zero-order chi connectivity index (χ0) is 15.1. The second-order valence-corrected chi connectivity index (χ2v) is 6.21. The van der Waals surface area contributed by atoms with Crippen LogP contribution in [0.3, 0.4) is 0 Å². The molecule has 1 saturated carbocycles. The summed E-state index contributed by atoms with van der Waals surface area (Å²) in [6.07, 6.45) is 5.97. The number of rotatable bonds is 6. The van der Waals surface area contributed by atoms with E-state index in [1.165, 1.54) is 6.42 Å². The molecule has 4 nitrogen and oxygen atoms in total. The lowest BCUT2D eigenvalue weighted by atomic mass is 9.80. The first-order valence-corrected chi connectivity index (χ1v) is 7.91. The molecule has 4 heteroatoms. The van der Waals surface area contributed by atoms with Crippen molar-refractivity contribution < 1.29 is 4.79 Å². The minimum Gasteiger partial charge on any atom is -0.373 e. The van der Waals surface area contributed by atoms with Crippen LogP contribution in [-0.4, -0.2) is 31.6 Å². The van der Waals surface area contributed by atoms with E-state index in [9.17, 15) is 4.79 Å². The Morgan fingerprint density at radius 1 is 1.24 bits per heavy atom. The molecule has 1 aliphatic carbocycles. The Hall–Kier alpha value is -1.55. The third-order valence-corrected chi connectivity index (χ3v) is 4.33. The van der Waals surface area contributed by atoms with Crippen LogP contribution in [0.2, 0.25) is 0 Å². The number of benzene rings is 1. The summed E-state index contributed by atoms with van der Waals surface area (Å²) >= 11 is 0. The summed E-state index contributed by atoms with van der Waals surface area (Å²) in [6, 6.07) is 10.2. The first-order valence-electron chi connectivity index (χ1n) is 7.91. The van der Waals surface area contributed by atoms with Crippen molar-refractivity contribution in [3.63, 3.8) is 0 Å². The molecule has 2 rings (SSSR count). The molecule has 0 aliphatic heterocycles. The molecule has 1 aromatic carbocycles. The van der Waals surface area contributed by atoms with E-state index in [1.54, 1.807) is 0 Å². The number of carbonyl (C=O) groups excluding carboxylic acids is 1. The molecule has 0 atom stereocenters. The maximum absolute atomic E-state index is 12.0. The normalized spacial score (nSPS) is 17.2. The molecule has 0 radical (unpaired) electrons. The van der Waals surface area contributed by atoms with Gasteiger partial charge in [0.05, 0.1) is 0 Å². The van der Waals surface area contributed by atoms with E-state index in [0.29, 0.717) is 13.0 Å². The van der Waals surface area contributed by atoms with Gasteiger partial charge in [-0.2, -0.15) is 0 Å². The zero-order valence-corrected chi connectivity index (χ0v) is 13.0. The van der Waals surface area contributed by atoms with Crippen LogP contribution in [0.5, 0.6) is 0 Å². The van der Waals surface area contributed by atoms with Gasteiger partial charge in [-0.15, -0.1) is 0 Å². The minimum atomic E-state index is -0.270. The van der Waals surface area contributed by atoms with Crippen LogP contribution in [0.25, 0.3) is 0 Å². The van der Waals surface area contributed by atoms with E-state index < -0.39 is 0 Å². The maximum Gasteiger partial charge on any atom is 0.221 e. The van der Waals surface area contributed by atoms with Crippen molar-refractivity contribution in [2.24, 2.45) is 5.73 Å². The molecule has 0 spiro atoms. The Balaban J connectivity index is 1.69. The van der Waals surface area contributed by atoms with Crippen LogP contribution in [0.15, 0.2) is 30.3 Å². The third-order valence-electron chi connectivity index (χ3n) is 4.33. The fourth-order valence-corrected chi connectivity index (χ4v) is 2.99. The number of nitrogens with two attached hydrogens (primary N) is 1. The Bertz CT molecular complexity index is 441. The zero-order valence-electron chi connectivity index (χ0n) is 13.0. The average molecular weight is 289 g/mol. The number of likely N-dealkylation sites (N-methyl/N-ethyl adjacent to an activating group) is 1. The topological polar surface area (TPSA) is 58.4 Å². The number of hydrogen-bond acceptors (Lipinski definition) is 3. The summed E-state index contributed by atoms with van der Waals surface area (Å²) in [5.41, 5.74) is 7.20. The lowest BCUT2D eigenvalue weighted by molar-refractivity contribution is -0.122. The number of para-hydroxylation sites is 1. The number of amides is 1. The molecule has 21 heavy (non-hydrogen) atoms. The van der Waals surface area contributed by atoms with Crippen molar-refractivity contribution in [3.05, 3.63) is 30.3 Å². The average Bonchev–Trinajstić information content (AvgIpc) is 2.48. The Morgan fingerprint density at radius 2 is 1.90 bits per heavy atom. The highest BCUT2D eigenvalue weighted by molar-refractivity contribution is 5.77. The quantitative estimate of drug-likeness (QED) is 0.845. The predicted molar refractivity (Wildman–Crippen MR) is 87.3 cm³/mol. The maximum atomic E-state index is 12.0. The lowest BCUT2D eigenvalue weighted by Gasteiger charge is -2.32. The van der Waals surface area contributed by atoms with E-state index in [-0.39, 0.29) is 11.4 Å². The monoisotopic (exact) mass is 289 g/mol. The molecule has 1 aliphatic rings. The first-order chi connectivity index (χ1) is 10.1. The molecule has 1 amide bonds. The van der Waals surface area contributed by atoms with E-state index in [2.05, 4.69) is 22.3 Å². The van der Waals surface area contributed by atoms with Crippen LogP contribution < -0.4 is 16.0 Å². The van der Waals surface area contributed by atoms with Crippen molar-refractivity contribution in [2.75, 3.05) is 25.0 Å². The van der Waals surface area contributed by atoms with Crippen LogP contribution in [0.4, 0.5) is 5.69 Å². The molecular formula is C17H27N3O. The Morgan fingerprint density at radius 3 is 2.57 bits per heavy atom. The van der Waals surface area contributed by atoms with Crippen molar-refractivity contribution in [1.82, 2.24) is 5.32 Å². The number of carbonyl (C=O) groups is 1. The van der Waals surface area contributed by atoms with Crippen molar-refractivity contribution in [3.8, 4) is 0 Å². The molecule has 0 unspecified atom stereocenters. The second-order valence-electron chi connectivity index (χ2n) is 6.21. The fraction of sp³-hybridized carbons (Fsp3) is 0.588. The van der Waals surface area contributed by atoms with Crippen molar-refractivity contribution in [1.29, 1.82) is 0 Å². The van der Waals surface area contributed by atoms with Crippen molar-refractivity contribution in [2.45, 2.75) is 44.1 Å². The van der Waals surface area contributed by atoms with Gasteiger partial charge in [0, 0.05) is 37.8 Å². The summed E-state index contributed by atoms with van der Waals surface area (Å²) < 4.78 is 0. The van der Waals surface area contributed by atoms with Gasteiger partial charge in [0.1, 0.15) is 0 Å². The molecular weight excluding hydrogens is 262 g/mol. The highest BCUT2D eigenvalue weighted by Gasteiger charge is 2.29. The van der Waals surface area contributed by atoms with Crippen LogP contribution in [0.1, 0.15) is 38.5 Å². The number of nitrogens with zero attached hydrogens (tertiary/aromatic N) is 1. The fourth-order valence-electron chi connectivity index (χ4n) is 2.99. The van der Waals surface area contributed by atoms with Gasteiger partial charge in [-0.1, -0.05) is 37.5 Å². The Labute approximate surface area is 127 Å². The molecule has 0 bridgehead atoms. The summed E-state index contributed by atoms with van der Waals surface area (Å²) in [7, 11) is 2.03. The summed E-state index contributed by atoms with van der Waals surface area (Å²) in [6.45, 7) is 1.45. The summed E-state index contributed by atoms with van der Waals surface area (Å²) in [4.78, 5) is 14.2. The molecule has 0 aromatic heterocycles. The SMILES string of the molecule is CN(CCNC(=O)CC1(N)CCCCC1)c1ccccc1. The number of hydrogen-bond donors (Lipinski definition) is 2. The Kier molecular flexibility index (Phi) is 5.62. The molecule has 0 heterocycles. The van der Waals surface area contributed by atoms with Gasteiger partial charge in [-0.05, 0) is 25.0 Å². The van der Waals surface area contributed by atoms with Gasteiger partial charge in [-0.25, -0.2) is 0 Å². The van der Waals surface area contributed by atoms with Gasteiger partial charge in [0.25, 0.3) is 0 Å². The van der Waals surface area contributed by atoms with Gasteiger partial charge < -0.3 is 16.0 Å². The van der Waals surface area contributed by atoms with Crippen LogP contribution >= 0.6 is 0 Å². The third kappa shape index (κ3) is 5.05. The van der Waals surface area contributed by atoms with Crippen LogP contribution in [-0.2, 0) is 4.79 Å². The van der Waals surface area contributed by atoms with Crippen molar-refractivity contribution >= 4 is 11.6 Å². The highest BCUT2D eigenvalue weighted by atomic mass is 16.1. The minimum absolute atomic E-state index is 0.0841. The van der Waals surface area contributed by atoms with E-state index >= 15 is 0 Å². The largest absolute Gasteiger partial charge is 0.373 e. The first kappa shape index (κ1) is 15.8. The molecule has 116 valence electrons. The highest BCUT2D eigenvalue weighted by Crippen LogP contribution is 2.28. The lowest BCUT2D eigenvalue weighted by Crippen LogP contribution is -2.46. The van der Waals surface area contributed by atoms with Gasteiger partial charge in [-0.3, -0.25) is 4.79 Å². The van der Waals surface area contributed by atoms with E-state index in [4.69, 9.17) is 5.73 Å². The predicted octanol–water partition coefficient (Wildman–Crippen LogP) is 2.29.